The van der Waals surface area contributed by atoms with Gasteiger partial charge in [-0.25, -0.2) is 4.98 Å². The number of aromatic nitrogens is 1. The van der Waals surface area contributed by atoms with E-state index in [0.717, 1.165) is 41.5 Å². The van der Waals surface area contributed by atoms with Crippen LogP contribution in [-0.2, 0) is 13.0 Å². The lowest BCUT2D eigenvalue weighted by molar-refractivity contribution is 0.0967. The predicted molar refractivity (Wildman–Crippen MR) is 90.7 cm³/mol. The molecule has 0 saturated carbocycles. The van der Waals surface area contributed by atoms with Crippen molar-refractivity contribution in [2.75, 3.05) is 5.32 Å². The highest BCUT2D eigenvalue weighted by Crippen LogP contribution is 2.33. The highest BCUT2D eigenvalue weighted by atomic mass is 32.1. The number of hydrogen-bond donors (Lipinski definition) is 1. The van der Waals surface area contributed by atoms with Gasteiger partial charge in [0.2, 0.25) is 0 Å². The van der Waals surface area contributed by atoms with Crippen LogP contribution in [0.25, 0.3) is 10.9 Å². The summed E-state index contributed by atoms with van der Waals surface area (Å²) in [6.07, 6.45) is 2.45. The number of hydrogen-bond acceptors (Lipinski definition) is 4. The van der Waals surface area contributed by atoms with Crippen LogP contribution < -0.4 is 5.32 Å². The maximum absolute atomic E-state index is 12.2. The van der Waals surface area contributed by atoms with Crippen LogP contribution in [0, 0.1) is 0 Å². The van der Waals surface area contributed by atoms with Gasteiger partial charge in [0.25, 0.3) is 0 Å². The van der Waals surface area contributed by atoms with Crippen molar-refractivity contribution in [3.8, 4) is 0 Å². The zero-order chi connectivity index (χ0) is 14.9. The topological polar surface area (TPSA) is 42.0 Å². The first kappa shape index (κ1) is 13.5. The van der Waals surface area contributed by atoms with Crippen LogP contribution in [0.15, 0.2) is 41.8 Å². The van der Waals surface area contributed by atoms with E-state index in [1.54, 1.807) is 11.3 Å². The molecule has 4 heteroatoms. The number of Topliss-reactive ketones (excluding diaryl/α,β-unsaturated/α-hetero) is 1. The average molecular weight is 308 g/mol. The molecule has 3 aromatic rings. The fraction of sp³-hybridized carbons (Fsp3) is 0.222. The normalized spacial score (nSPS) is 14.1. The third-order valence-corrected chi connectivity index (χ3v) is 4.98. The number of rotatable bonds is 3. The van der Waals surface area contributed by atoms with E-state index in [1.807, 2.05) is 18.2 Å². The van der Waals surface area contributed by atoms with Gasteiger partial charge in [-0.1, -0.05) is 24.3 Å². The molecular formula is C18H16N2OS. The number of ketones is 1. The number of para-hydroxylation sites is 1. The van der Waals surface area contributed by atoms with Gasteiger partial charge in [0.05, 0.1) is 5.52 Å². The first-order valence-electron chi connectivity index (χ1n) is 7.54. The van der Waals surface area contributed by atoms with E-state index >= 15 is 0 Å². The molecule has 1 aliphatic carbocycles. The van der Waals surface area contributed by atoms with Crippen LogP contribution in [0.3, 0.4) is 0 Å². The van der Waals surface area contributed by atoms with Gasteiger partial charge < -0.3 is 5.32 Å². The number of nitrogens with one attached hydrogen (secondary N) is 1. The Morgan fingerprint density at radius 1 is 1.14 bits per heavy atom. The van der Waals surface area contributed by atoms with E-state index in [2.05, 4.69) is 33.9 Å². The molecular weight excluding hydrogens is 292 g/mol. The van der Waals surface area contributed by atoms with E-state index in [1.165, 1.54) is 4.88 Å². The van der Waals surface area contributed by atoms with Crippen LogP contribution >= 0.6 is 11.3 Å². The van der Waals surface area contributed by atoms with Gasteiger partial charge in [-0.05, 0) is 30.4 Å². The van der Waals surface area contributed by atoms with Crippen LogP contribution in [0.5, 0.6) is 0 Å². The second-order valence-electron chi connectivity index (χ2n) is 5.54. The summed E-state index contributed by atoms with van der Waals surface area (Å²) in [6.45, 7) is 0.784. The van der Waals surface area contributed by atoms with Gasteiger partial charge in [-0.15, -0.1) is 11.3 Å². The maximum Gasteiger partial charge on any atom is 0.181 e. The lowest BCUT2D eigenvalue weighted by Crippen LogP contribution is -2.16. The summed E-state index contributed by atoms with van der Waals surface area (Å²) in [6, 6.07) is 12.2. The number of carbonyl (C=O) groups excluding carboxylic acids is 1. The summed E-state index contributed by atoms with van der Waals surface area (Å²) in [4.78, 5) is 18.1. The van der Waals surface area contributed by atoms with Gasteiger partial charge in [-0.3, -0.25) is 4.79 Å². The minimum atomic E-state index is 0.172. The smallest absolute Gasteiger partial charge is 0.181 e. The van der Waals surface area contributed by atoms with Crippen LogP contribution in [0.2, 0.25) is 0 Å². The monoisotopic (exact) mass is 308 g/mol. The Kier molecular flexibility index (Phi) is 3.39. The summed E-state index contributed by atoms with van der Waals surface area (Å²) >= 11 is 1.74. The van der Waals surface area contributed by atoms with Crippen LogP contribution in [0.4, 0.5) is 5.69 Å². The molecule has 2 heterocycles. The fourth-order valence-corrected chi connectivity index (χ4v) is 3.70. The molecule has 0 radical (unpaired) electrons. The third-order valence-electron chi connectivity index (χ3n) is 4.11. The highest BCUT2D eigenvalue weighted by molar-refractivity contribution is 7.09. The molecule has 2 aromatic heterocycles. The quantitative estimate of drug-likeness (QED) is 0.778. The highest BCUT2D eigenvalue weighted by Gasteiger charge is 2.23. The third kappa shape index (κ3) is 2.29. The van der Waals surface area contributed by atoms with E-state index < -0.39 is 0 Å². The summed E-state index contributed by atoms with van der Waals surface area (Å²) < 4.78 is 0. The number of nitrogens with zero attached hydrogens (tertiary/aromatic N) is 1. The minimum Gasteiger partial charge on any atom is -0.379 e. The summed E-state index contributed by atoms with van der Waals surface area (Å²) in [5, 5.41) is 6.75. The van der Waals surface area contributed by atoms with Crippen molar-refractivity contribution in [1.82, 2.24) is 4.98 Å². The summed E-state index contributed by atoms with van der Waals surface area (Å²) in [5.74, 6) is 0.172. The number of benzene rings is 1. The van der Waals surface area contributed by atoms with Crippen molar-refractivity contribution in [3.05, 3.63) is 57.9 Å². The molecule has 3 nitrogen and oxygen atoms in total. The molecule has 0 fully saturated rings. The maximum atomic E-state index is 12.2. The molecule has 0 atom stereocenters. The van der Waals surface area contributed by atoms with Crippen molar-refractivity contribution in [1.29, 1.82) is 0 Å². The van der Waals surface area contributed by atoms with E-state index in [-0.39, 0.29) is 5.78 Å². The van der Waals surface area contributed by atoms with Gasteiger partial charge in [-0.2, -0.15) is 0 Å². The molecule has 0 spiro atoms. The zero-order valence-electron chi connectivity index (χ0n) is 12.1. The number of fused-ring (bicyclic) bond motifs is 2. The van der Waals surface area contributed by atoms with E-state index in [4.69, 9.17) is 0 Å². The second-order valence-corrected chi connectivity index (χ2v) is 6.57. The Morgan fingerprint density at radius 3 is 2.91 bits per heavy atom. The van der Waals surface area contributed by atoms with Crippen molar-refractivity contribution in [2.24, 2.45) is 0 Å². The molecule has 0 aliphatic heterocycles. The van der Waals surface area contributed by atoms with Crippen molar-refractivity contribution in [3.63, 3.8) is 0 Å². The molecule has 4 rings (SSSR count). The van der Waals surface area contributed by atoms with E-state index in [9.17, 15) is 4.79 Å². The largest absolute Gasteiger partial charge is 0.379 e. The molecule has 1 aromatic carbocycles. The Hall–Kier alpha value is -2.20. The van der Waals surface area contributed by atoms with Gasteiger partial charge in [0, 0.05) is 34.5 Å². The van der Waals surface area contributed by atoms with E-state index in [0.29, 0.717) is 12.1 Å². The average Bonchev–Trinajstić information content (AvgIpc) is 3.06. The SMILES string of the molecule is O=C1CCCc2c1nc1ccccc1c2NCc1cccs1. The van der Waals surface area contributed by atoms with Crippen LogP contribution in [0.1, 0.15) is 33.8 Å². The van der Waals surface area contributed by atoms with Gasteiger partial charge in [0.1, 0.15) is 5.69 Å². The number of carbonyl (C=O) groups is 1. The molecule has 1 aliphatic rings. The molecule has 22 heavy (non-hydrogen) atoms. The number of pyridine rings is 1. The molecule has 0 unspecified atom stereocenters. The molecule has 110 valence electrons. The molecule has 0 saturated heterocycles. The number of thiophene rings is 1. The summed E-state index contributed by atoms with van der Waals surface area (Å²) in [5.41, 5.74) is 3.73. The zero-order valence-corrected chi connectivity index (χ0v) is 13.0. The molecule has 0 bridgehead atoms. The lowest BCUT2D eigenvalue weighted by Gasteiger charge is -2.20. The minimum absolute atomic E-state index is 0.172. The Morgan fingerprint density at radius 2 is 2.05 bits per heavy atom. The second kappa shape index (κ2) is 5.54. The molecule has 1 N–H and O–H groups in total. The predicted octanol–water partition coefficient (Wildman–Crippen LogP) is 4.43. The lowest BCUT2D eigenvalue weighted by atomic mass is 9.92. The fourth-order valence-electron chi connectivity index (χ4n) is 3.06. The Labute approximate surface area is 133 Å². The van der Waals surface area contributed by atoms with Crippen LogP contribution in [-0.4, -0.2) is 10.8 Å². The number of anilines is 1. The van der Waals surface area contributed by atoms with Crippen molar-refractivity contribution < 1.29 is 4.79 Å². The first-order valence-corrected chi connectivity index (χ1v) is 8.42. The van der Waals surface area contributed by atoms with Crippen molar-refractivity contribution in [2.45, 2.75) is 25.8 Å². The Balaban J connectivity index is 1.84. The first-order chi connectivity index (χ1) is 10.8. The summed E-state index contributed by atoms with van der Waals surface area (Å²) in [7, 11) is 0. The standard InChI is InChI=1S/C18H16N2OS/c21-16-9-3-7-14-17(19-11-12-5-4-10-22-12)13-6-1-2-8-15(13)20-18(14)16/h1-2,4-6,8,10H,3,7,9,11H2,(H,19,20). The van der Waals surface area contributed by atoms with Crippen molar-refractivity contribution >= 4 is 33.7 Å². The van der Waals surface area contributed by atoms with Gasteiger partial charge >= 0.3 is 0 Å². The van der Waals surface area contributed by atoms with Gasteiger partial charge in [0.15, 0.2) is 5.78 Å². The molecule has 0 amide bonds. The Bertz CT molecular complexity index is 840.